The molecule has 1 rings (SSSR count). The quantitative estimate of drug-likeness (QED) is 0.346. The predicted molar refractivity (Wildman–Crippen MR) is 110 cm³/mol. The number of methoxy groups -OCH3 is 2. The summed E-state index contributed by atoms with van der Waals surface area (Å²) in [7, 11) is 3.27. The smallest absolute Gasteiger partial charge is 0.160 e. The van der Waals surface area contributed by atoms with Crippen molar-refractivity contribution < 1.29 is 19.1 Å². The lowest BCUT2D eigenvalue weighted by molar-refractivity contribution is -0.132. The lowest BCUT2D eigenvalue weighted by atomic mass is 9.88. The van der Waals surface area contributed by atoms with E-state index < -0.39 is 5.92 Å². The molecular weight excluding hydrogens is 340 g/mol. The molecule has 0 aliphatic rings. The van der Waals surface area contributed by atoms with Crippen LogP contribution in [0.5, 0.6) is 11.5 Å². The summed E-state index contributed by atoms with van der Waals surface area (Å²) in [6.45, 7) is 5.79. The molecule has 4 heteroatoms. The summed E-state index contributed by atoms with van der Waals surface area (Å²) in [6.07, 6.45) is 7.34. The highest BCUT2D eigenvalue weighted by Crippen LogP contribution is 2.28. The minimum atomic E-state index is -0.430. The Hall–Kier alpha value is -2.10. The van der Waals surface area contributed by atoms with Crippen LogP contribution in [0.1, 0.15) is 64.9 Å². The van der Waals surface area contributed by atoms with E-state index in [1.54, 1.807) is 14.2 Å². The van der Waals surface area contributed by atoms with Gasteiger partial charge in [-0.25, -0.2) is 0 Å². The third kappa shape index (κ3) is 7.20. The minimum Gasteiger partial charge on any atom is -0.493 e. The third-order valence-electron chi connectivity index (χ3n) is 5.00. The van der Waals surface area contributed by atoms with Crippen molar-refractivity contribution in [3.8, 4) is 11.5 Å². The highest BCUT2D eigenvalue weighted by molar-refractivity contribution is 6.02. The number of rotatable bonds is 13. The molecule has 4 nitrogen and oxygen atoms in total. The molecule has 0 radical (unpaired) electrons. The number of allylic oxidation sites excluding steroid dienone is 2. The van der Waals surface area contributed by atoms with Crippen LogP contribution in [-0.2, 0) is 16.0 Å². The van der Waals surface area contributed by atoms with E-state index >= 15 is 0 Å². The first-order valence-electron chi connectivity index (χ1n) is 9.94. The van der Waals surface area contributed by atoms with Gasteiger partial charge in [0, 0.05) is 12.8 Å². The number of hydrogen-bond acceptors (Lipinski definition) is 4. The summed E-state index contributed by atoms with van der Waals surface area (Å²) in [6, 6.07) is 5.99. The zero-order chi connectivity index (χ0) is 20.2. The van der Waals surface area contributed by atoms with Crippen LogP contribution >= 0.6 is 0 Å². The maximum absolute atomic E-state index is 12.1. The maximum Gasteiger partial charge on any atom is 0.160 e. The summed E-state index contributed by atoms with van der Waals surface area (Å²) in [5.74, 6) is 1.19. The van der Waals surface area contributed by atoms with E-state index in [1.165, 1.54) is 11.1 Å². The largest absolute Gasteiger partial charge is 0.493 e. The molecule has 0 atom stereocenters. The Kier molecular flexibility index (Phi) is 10.5. The maximum atomic E-state index is 12.1. The van der Waals surface area contributed by atoms with Gasteiger partial charge in [0.2, 0.25) is 0 Å². The Morgan fingerprint density at radius 2 is 1.59 bits per heavy atom. The second-order valence-electron chi connectivity index (χ2n) is 6.67. The van der Waals surface area contributed by atoms with Crippen molar-refractivity contribution in [3.63, 3.8) is 0 Å². The molecule has 0 heterocycles. The van der Waals surface area contributed by atoms with Crippen LogP contribution in [0.25, 0.3) is 0 Å². The molecule has 0 saturated carbocycles. The van der Waals surface area contributed by atoms with E-state index in [-0.39, 0.29) is 11.6 Å². The summed E-state index contributed by atoms with van der Waals surface area (Å²) >= 11 is 0. The van der Waals surface area contributed by atoms with Gasteiger partial charge in [0.15, 0.2) is 11.5 Å². The summed E-state index contributed by atoms with van der Waals surface area (Å²) in [5, 5.41) is 0. The third-order valence-corrected chi connectivity index (χ3v) is 5.00. The second-order valence-corrected chi connectivity index (χ2v) is 6.67. The molecule has 0 aromatic heterocycles. The monoisotopic (exact) mass is 374 g/mol. The number of carbonyl (C=O) groups is 2. The molecule has 0 aliphatic carbocycles. The Bertz CT molecular complexity index is 630. The molecule has 0 aliphatic heterocycles. The van der Waals surface area contributed by atoms with E-state index in [0.717, 1.165) is 37.2 Å². The molecule has 0 spiro atoms. The van der Waals surface area contributed by atoms with Crippen molar-refractivity contribution in [3.05, 3.63) is 35.4 Å². The van der Waals surface area contributed by atoms with Gasteiger partial charge in [-0.15, -0.1) is 0 Å². The van der Waals surface area contributed by atoms with Crippen molar-refractivity contribution in [2.24, 2.45) is 5.92 Å². The van der Waals surface area contributed by atoms with Gasteiger partial charge >= 0.3 is 0 Å². The molecule has 0 amide bonds. The Labute approximate surface area is 163 Å². The average molecular weight is 375 g/mol. The standard InChI is InChI=1S/C23H34O4/c1-6-17(12-14-19(20(24)7-2)21(25)8-3)10-9-11-18-13-15-22(26-4)23(16-18)27-5/h10,13,15-16,19H,6-9,11-12,14H2,1-5H3. The normalized spacial score (nSPS) is 11.6. The molecule has 0 fully saturated rings. The van der Waals surface area contributed by atoms with Crippen LogP contribution in [0.2, 0.25) is 0 Å². The predicted octanol–water partition coefficient (Wildman–Crippen LogP) is 5.33. The molecule has 1 aromatic rings. The highest BCUT2D eigenvalue weighted by Gasteiger charge is 2.23. The van der Waals surface area contributed by atoms with E-state index in [0.29, 0.717) is 19.3 Å². The van der Waals surface area contributed by atoms with Crippen LogP contribution in [-0.4, -0.2) is 25.8 Å². The van der Waals surface area contributed by atoms with Crippen LogP contribution < -0.4 is 9.47 Å². The first-order chi connectivity index (χ1) is 13.0. The van der Waals surface area contributed by atoms with E-state index in [4.69, 9.17) is 9.47 Å². The number of carbonyl (C=O) groups excluding carboxylic acids is 2. The highest BCUT2D eigenvalue weighted by atomic mass is 16.5. The fourth-order valence-corrected chi connectivity index (χ4v) is 3.23. The lowest BCUT2D eigenvalue weighted by Gasteiger charge is -2.14. The zero-order valence-corrected chi connectivity index (χ0v) is 17.5. The topological polar surface area (TPSA) is 52.6 Å². The van der Waals surface area contributed by atoms with E-state index in [9.17, 15) is 9.59 Å². The molecule has 27 heavy (non-hydrogen) atoms. The molecule has 150 valence electrons. The lowest BCUT2D eigenvalue weighted by Crippen LogP contribution is -2.23. The van der Waals surface area contributed by atoms with Crippen LogP contribution in [0, 0.1) is 5.92 Å². The van der Waals surface area contributed by atoms with Crippen LogP contribution in [0.3, 0.4) is 0 Å². The van der Waals surface area contributed by atoms with Crippen molar-refractivity contribution >= 4 is 11.6 Å². The number of aryl methyl sites for hydroxylation is 1. The SMILES string of the molecule is CCC(=O)C(CCC(=CCCc1ccc(OC)c(OC)c1)CC)C(=O)CC. The number of ketones is 2. The molecule has 0 N–H and O–H groups in total. The van der Waals surface area contributed by atoms with Crippen molar-refractivity contribution in [2.45, 2.75) is 65.7 Å². The number of benzene rings is 1. The summed E-state index contributed by atoms with van der Waals surface area (Å²) in [4.78, 5) is 24.1. The van der Waals surface area contributed by atoms with Crippen molar-refractivity contribution in [1.29, 1.82) is 0 Å². The van der Waals surface area contributed by atoms with Gasteiger partial charge in [0.25, 0.3) is 0 Å². The fraction of sp³-hybridized carbons (Fsp3) is 0.565. The van der Waals surface area contributed by atoms with Gasteiger partial charge < -0.3 is 9.47 Å². The van der Waals surface area contributed by atoms with Gasteiger partial charge in [-0.2, -0.15) is 0 Å². The first-order valence-corrected chi connectivity index (χ1v) is 9.94. The number of Topliss-reactive ketones (excluding diaryl/α,β-unsaturated/α-hetero) is 2. The Balaban J connectivity index is 2.67. The molecule has 0 unspecified atom stereocenters. The first kappa shape index (κ1) is 22.9. The van der Waals surface area contributed by atoms with Crippen LogP contribution in [0.15, 0.2) is 29.8 Å². The van der Waals surface area contributed by atoms with Crippen molar-refractivity contribution in [2.75, 3.05) is 14.2 Å². The summed E-state index contributed by atoms with van der Waals surface area (Å²) < 4.78 is 10.6. The molecule has 1 aromatic carbocycles. The Morgan fingerprint density at radius 3 is 2.11 bits per heavy atom. The van der Waals surface area contributed by atoms with Gasteiger partial charge in [-0.05, 0) is 49.8 Å². The number of hydrogen-bond donors (Lipinski definition) is 0. The van der Waals surface area contributed by atoms with E-state index in [1.807, 2.05) is 26.0 Å². The number of ether oxygens (including phenoxy) is 2. The Morgan fingerprint density at radius 1 is 0.963 bits per heavy atom. The zero-order valence-electron chi connectivity index (χ0n) is 17.5. The van der Waals surface area contributed by atoms with Crippen LogP contribution in [0.4, 0.5) is 0 Å². The van der Waals surface area contributed by atoms with Gasteiger partial charge in [-0.1, -0.05) is 38.5 Å². The van der Waals surface area contributed by atoms with E-state index in [2.05, 4.69) is 19.1 Å². The molecular formula is C23H34O4. The minimum absolute atomic E-state index is 0.0719. The van der Waals surface area contributed by atoms with Gasteiger partial charge in [0.1, 0.15) is 11.6 Å². The molecule has 0 saturated heterocycles. The fourth-order valence-electron chi connectivity index (χ4n) is 3.23. The summed E-state index contributed by atoms with van der Waals surface area (Å²) in [5.41, 5.74) is 2.51. The van der Waals surface area contributed by atoms with Gasteiger partial charge in [-0.3, -0.25) is 9.59 Å². The average Bonchev–Trinajstić information content (AvgIpc) is 2.71. The molecule has 0 bridgehead atoms. The van der Waals surface area contributed by atoms with Crippen molar-refractivity contribution in [1.82, 2.24) is 0 Å². The van der Waals surface area contributed by atoms with Gasteiger partial charge in [0.05, 0.1) is 20.1 Å². The second kappa shape index (κ2) is 12.3.